The van der Waals surface area contributed by atoms with E-state index in [1.54, 1.807) is 20.8 Å². The van der Waals surface area contributed by atoms with Crippen LogP contribution in [0.3, 0.4) is 0 Å². The van der Waals surface area contributed by atoms with Crippen molar-refractivity contribution in [2.75, 3.05) is 0 Å². The van der Waals surface area contributed by atoms with Crippen molar-refractivity contribution < 1.29 is 19.8 Å². The Bertz CT molecular complexity index is 220. The number of carboxylic acids is 2. The van der Waals surface area contributed by atoms with Crippen LogP contribution < -0.4 is 0 Å². The van der Waals surface area contributed by atoms with Gasteiger partial charge in [0, 0.05) is 5.41 Å². The van der Waals surface area contributed by atoms with Gasteiger partial charge in [0.15, 0.2) is 0 Å². The van der Waals surface area contributed by atoms with Crippen LogP contribution in [0, 0.1) is 5.41 Å². The van der Waals surface area contributed by atoms with E-state index >= 15 is 0 Å². The van der Waals surface area contributed by atoms with Crippen LogP contribution in [0.2, 0.25) is 0 Å². The third-order valence-corrected chi connectivity index (χ3v) is 4.16. The summed E-state index contributed by atoms with van der Waals surface area (Å²) >= 11 is 2.80. The topological polar surface area (TPSA) is 74.6 Å². The Morgan fingerprint density at radius 3 is 1.62 bits per heavy atom. The minimum absolute atomic E-state index is 0.455. The van der Waals surface area contributed by atoms with Crippen molar-refractivity contribution in [1.29, 1.82) is 0 Å². The molecule has 0 aromatic heterocycles. The van der Waals surface area contributed by atoms with Crippen molar-refractivity contribution in [3.8, 4) is 0 Å². The summed E-state index contributed by atoms with van der Waals surface area (Å²) in [5.74, 6) is -2.74. The summed E-state index contributed by atoms with van der Waals surface area (Å²) in [4.78, 5) is 21.7. The standard InChI is InChI=1S/C8H13BrO4/c1-4-7(2,3)8(9,5(10)11)6(12)13/h4H2,1-3H3,(H,10,11)(H,12,13). The Morgan fingerprint density at radius 2 is 1.54 bits per heavy atom. The lowest BCUT2D eigenvalue weighted by atomic mass is 9.76. The fraction of sp³-hybridized carbons (Fsp3) is 0.750. The SMILES string of the molecule is CCC(C)(C)C(Br)(C(=O)O)C(=O)O. The first-order chi connectivity index (χ1) is 5.70. The van der Waals surface area contributed by atoms with Gasteiger partial charge in [-0.2, -0.15) is 0 Å². The maximum Gasteiger partial charge on any atom is 0.332 e. The molecule has 0 unspecified atom stereocenters. The average Bonchev–Trinajstić information content (AvgIpc) is 2.01. The highest BCUT2D eigenvalue weighted by Gasteiger charge is 2.55. The lowest BCUT2D eigenvalue weighted by Crippen LogP contribution is -2.52. The number of carbonyl (C=O) groups is 2. The lowest BCUT2D eigenvalue weighted by molar-refractivity contribution is -0.156. The number of alkyl halides is 1. The largest absolute Gasteiger partial charge is 0.480 e. The third-order valence-electron chi connectivity index (χ3n) is 2.41. The molecule has 0 heterocycles. The van der Waals surface area contributed by atoms with Gasteiger partial charge in [0.25, 0.3) is 0 Å². The van der Waals surface area contributed by atoms with Crippen molar-refractivity contribution in [2.45, 2.75) is 31.5 Å². The molecule has 4 nitrogen and oxygen atoms in total. The third kappa shape index (κ3) is 1.85. The molecule has 0 saturated heterocycles. The van der Waals surface area contributed by atoms with Crippen molar-refractivity contribution in [3.05, 3.63) is 0 Å². The van der Waals surface area contributed by atoms with Crippen LogP contribution in [0.4, 0.5) is 0 Å². The number of hydrogen-bond donors (Lipinski definition) is 2. The first kappa shape index (κ1) is 12.4. The summed E-state index contributed by atoms with van der Waals surface area (Å²) in [5.41, 5.74) is -0.843. The minimum Gasteiger partial charge on any atom is -0.480 e. The summed E-state index contributed by atoms with van der Waals surface area (Å²) in [6, 6.07) is 0. The Hall–Kier alpha value is -0.580. The van der Waals surface area contributed by atoms with Gasteiger partial charge in [0.1, 0.15) is 0 Å². The van der Waals surface area contributed by atoms with Gasteiger partial charge in [-0.05, 0) is 6.42 Å². The summed E-state index contributed by atoms with van der Waals surface area (Å²) in [7, 11) is 0. The van der Waals surface area contributed by atoms with Crippen molar-refractivity contribution in [2.24, 2.45) is 5.41 Å². The molecule has 13 heavy (non-hydrogen) atoms. The Kier molecular flexibility index (Phi) is 3.49. The summed E-state index contributed by atoms with van der Waals surface area (Å²) in [6.45, 7) is 4.95. The van der Waals surface area contributed by atoms with E-state index in [0.29, 0.717) is 6.42 Å². The molecule has 0 aromatic rings. The Labute approximate surface area is 85.1 Å². The molecule has 2 N–H and O–H groups in total. The van der Waals surface area contributed by atoms with Gasteiger partial charge in [-0.1, -0.05) is 36.7 Å². The molecule has 0 aromatic carbocycles. The van der Waals surface area contributed by atoms with Gasteiger partial charge >= 0.3 is 11.9 Å². The quantitative estimate of drug-likeness (QED) is 0.591. The maximum atomic E-state index is 10.8. The molecular formula is C8H13BrO4. The molecule has 0 aliphatic carbocycles. The molecule has 0 aliphatic rings. The zero-order valence-electron chi connectivity index (χ0n) is 7.80. The molecule has 0 spiro atoms. The smallest absolute Gasteiger partial charge is 0.332 e. The second kappa shape index (κ2) is 3.65. The second-order valence-corrected chi connectivity index (χ2v) is 4.70. The number of aliphatic carboxylic acids is 2. The predicted molar refractivity (Wildman–Crippen MR) is 51.0 cm³/mol. The van der Waals surface area contributed by atoms with E-state index < -0.39 is 21.7 Å². The van der Waals surface area contributed by atoms with E-state index in [-0.39, 0.29) is 0 Å². The number of rotatable bonds is 4. The molecule has 0 rings (SSSR count). The van der Waals surface area contributed by atoms with Gasteiger partial charge in [-0.15, -0.1) is 0 Å². The predicted octanol–water partition coefficient (Wildman–Crippen LogP) is 1.73. The van der Waals surface area contributed by atoms with Crippen molar-refractivity contribution in [3.63, 3.8) is 0 Å². The van der Waals surface area contributed by atoms with E-state index in [9.17, 15) is 9.59 Å². The van der Waals surface area contributed by atoms with E-state index in [1.165, 1.54) is 0 Å². The van der Waals surface area contributed by atoms with Crippen molar-refractivity contribution in [1.82, 2.24) is 0 Å². The molecular weight excluding hydrogens is 240 g/mol. The molecule has 0 radical (unpaired) electrons. The Morgan fingerprint density at radius 1 is 1.23 bits per heavy atom. The minimum atomic E-state index is -1.91. The molecule has 0 atom stereocenters. The highest BCUT2D eigenvalue weighted by atomic mass is 79.9. The van der Waals surface area contributed by atoms with Crippen LogP contribution in [0.25, 0.3) is 0 Å². The fourth-order valence-electron chi connectivity index (χ4n) is 0.914. The van der Waals surface area contributed by atoms with E-state index in [2.05, 4.69) is 15.9 Å². The fourth-order valence-corrected chi connectivity index (χ4v) is 1.19. The normalized spacial score (nSPS) is 12.6. The molecule has 0 fully saturated rings. The van der Waals surface area contributed by atoms with Gasteiger partial charge in [-0.3, -0.25) is 9.59 Å². The van der Waals surface area contributed by atoms with Crippen molar-refractivity contribution >= 4 is 27.9 Å². The van der Waals surface area contributed by atoms with Gasteiger partial charge in [0.05, 0.1) is 0 Å². The van der Waals surface area contributed by atoms with Crippen LogP contribution in [-0.2, 0) is 9.59 Å². The summed E-state index contributed by atoms with van der Waals surface area (Å²) < 4.78 is -1.91. The number of halogens is 1. The molecule has 0 bridgehead atoms. The van der Waals surface area contributed by atoms with Crippen LogP contribution in [0.15, 0.2) is 0 Å². The maximum absolute atomic E-state index is 10.8. The molecule has 5 heteroatoms. The second-order valence-electron chi connectivity index (χ2n) is 3.51. The highest BCUT2D eigenvalue weighted by Crippen LogP contribution is 2.41. The van der Waals surface area contributed by atoms with Crippen LogP contribution in [-0.4, -0.2) is 26.5 Å². The molecule has 76 valence electrons. The summed E-state index contributed by atoms with van der Waals surface area (Å²) in [5, 5.41) is 17.7. The first-order valence-corrected chi connectivity index (χ1v) is 4.65. The Balaban J connectivity index is 5.26. The van der Waals surface area contributed by atoms with Gasteiger partial charge < -0.3 is 10.2 Å². The first-order valence-electron chi connectivity index (χ1n) is 3.86. The molecule has 0 aliphatic heterocycles. The van der Waals surface area contributed by atoms with Crippen LogP contribution in [0.1, 0.15) is 27.2 Å². The van der Waals surface area contributed by atoms with Gasteiger partial charge in [0.2, 0.25) is 4.32 Å². The van der Waals surface area contributed by atoms with E-state index in [1.807, 2.05) is 0 Å². The number of carboxylic acid groups (broad SMARTS) is 2. The number of hydrogen-bond acceptors (Lipinski definition) is 2. The van der Waals surface area contributed by atoms with E-state index in [0.717, 1.165) is 0 Å². The lowest BCUT2D eigenvalue weighted by Gasteiger charge is -2.34. The zero-order chi connectivity index (χ0) is 10.9. The molecule has 0 amide bonds. The van der Waals surface area contributed by atoms with E-state index in [4.69, 9.17) is 10.2 Å². The van der Waals surface area contributed by atoms with Gasteiger partial charge in [-0.25, -0.2) is 0 Å². The monoisotopic (exact) mass is 252 g/mol. The van der Waals surface area contributed by atoms with Crippen LogP contribution >= 0.6 is 15.9 Å². The summed E-state index contributed by atoms with van der Waals surface area (Å²) in [6.07, 6.45) is 0.455. The zero-order valence-corrected chi connectivity index (χ0v) is 9.38. The van der Waals surface area contributed by atoms with Crippen LogP contribution in [0.5, 0.6) is 0 Å². The average molecular weight is 253 g/mol. The molecule has 0 saturated carbocycles. The highest BCUT2D eigenvalue weighted by molar-refractivity contribution is 9.10.